The first-order chi connectivity index (χ1) is 10.5. The van der Waals surface area contributed by atoms with Gasteiger partial charge in [-0.3, -0.25) is 4.90 Å². The van der Waals surface area contributed by atoms with Crippen LogP contribution in [0.4, 0.5) is 0 Å². The highest BCUT2D eigenvalue weighted by atomic mass is 16.3. The molecule has 4 heteroatoms. The number of likely N-dealkylation sites (N-methyl/N-ethyl adjacent to an activating group) is 1. The molecule has 3 rings (SSSR count). The molecule has 1 aliphatic rings. The number of nitrogens with zero attached hydrogens (tertiary/aromatic N) is 2. The van der Waals surface area contributed by atoms with Crippen LogP contribution >= 0.6 is 0 Å². The van der Waals surface area contributed by atoms with Gasteiger partial charge in [0.25, 0.3) is 0 Å². The van der Waals surface area contributed by atoms with Gasteiger partial charge in [0.05, 0.1) is 0 Å². The van der Waals surface area contributed by atoms with Crippen LogP contribution in [0.2, 0.25) is 0 Å². The van der Waals surface area contributed by atoms with Crippen LogP contribution < -0.4 is 0 Å². The van der Waals surface area contributed by atoms with Gasteiger partial charge >= 0.3 is 0 Å². The SMILES string of the molecule is CN(C)C(CN1Cc2ccc(O)cc2C1)c1ccc(O)cc1. The summed E-state index contributed by atoms with van der Waals surface area (Å²) < 4.78 is 0. The average Bonchev–Trinajstić information content (AvgIpc) is 2.87. The van der Waals surface area contributed by atoms with Crippen molar-refractivity contribution in [2.24, 2.45) is 0 Å². The Balaban J connectivity index is 1.74. The summed E-state index contributed by atoms with van der Waals surface area (Å²) >= 11 is 0. The van der Waals surface area contributed by atoms with E-state index in [1.54, 1.807) is 18.2 Å². The first kappa shape index (κ1) is 14.9. The van der Waals surface area contributed by atoms with Crippen molar-refractivity contribution in [3.8, 4) is 11.5 Å². The van der Waals surface area contributed by atoms with E-state index in [2.05, 4.69) is 23.9 Å². The van der Waals surface area contributed by atoms with Crippen molar-refractivity contribution in [1.29, 1.82) is 0 Å². The van der Waals surface area contributed by atoms with Gasteiger partial charge in [0.2, 0.25) is 0 Å². The Bertz CT molecular complexity index is 653. The van der Waals surface area contributed by atoms with Crippen LogP contribution in [0.1, 0.15) is 22.7 Å². The Morgan fingerprint density at radius 1 is 0.955 bits per heavy atom. The molecular formula is C18H22N2O2. The molecule has 1 unspecified atom stereocenters. The van der Waals surface area contributed by atoms with Gasteiger partial charge in [-0.25, -0.2) is 0 Å². The quantitative estimate of drug-likeness (QED) is 0.911. The third kappa shape index (κ3) is 3.08. The molecule has 2 aromatic carbocycles. The van der Waals surface area contributed by atoms with Crippen molar-refractivity contribution in [1.82, 2.24) is 9.80 Å². The van der Waals surface area contributed by atoms with Gasteiger partial charge in [-0.1, -0.05) is 18.2 Å². The summed E-state index contributed by atoms with van der Waals surface area (Å²) in [6, 6.07) is 13.3. The fourth-order valence-corrected chi connectivity index (χ4v) is 3.09. The molecule has 1 aliphatic heterocycles. The summed E-state index contributed by atoms with van der Waals surface area (Å²) in [5, 5.41) is 19.1. The van der Waals surface area contributed by atoms with Crippen LogP contribution in [-0.2, 0) is 13.1 Å². The molecule has 0 spiro atoms. The van der Waals surface area contributed by atoms with Crippen molar-refractivity contribution in [3.05, 3.63) is 59.2 Å². The summed E-state index contributed by atoms with van der Waals surface area (Å²) in [6.07, 6.45) is 0. The third-order valence-electron chi connectivity index (χ3n) is 4.31. The maximum atomic E-state index is 9.61. The van der Waals surface area contributed by atoms with Crippen LogP contribution in [0.3, 0.4) is 0 Å². The number of phenols is 2. The summed E-state index contributed by atoms with van der Waals surface area (Å²) in [7, 11) is 4.15. The smallest absolute Gasteiger partial charge is 0.115 e. The normalized spacial score (nSPS) is 16.0. The second-order valence-electron chi connectivity index (χ2n) is 6.19. The molecule has 0 amide bonds. The molecular weight excluding hydrogens is 276 g/mol. The molecule has 0 saturated carbocycles. The molecule has 2 N–H and O–H groups in total. The Morgan fingerprint density at radius 3 is 2.27 bits per heavy atom. The maximum Gasteiger partial charge on any atom is 0.115 e. The predicted octanol–water partition coefficient (Wildman–Crippen LogP) is 2.72. The number of benzene rings is 2. The van der Waals surface area contributed by atoms with Crippen molar-refractivity contribution < 1.29 is 10.2 Å². The van der Waals surface area contributed by atoms with E-state index in [0.29, 0.717) is 11.5 Å². The number of fused-ring (bicyclic) bond motifs is 1. The highest BCUT2D eigenvalue weighted by Gasteiger charge is 2.24. The van der Waals surface area contributed by atoms with Crippen LogP contribution in [0, 0.1) is 0 Å². The van der Waals surface area contributed by atoms with Crippen molar-refractivity contribution in [2.75, 3.05) is 20.6 Å². The number of phenolic OH excluding ortho intramolecular Hbond substituents is 2. The molecule has 0 fully saturated rings. The fourth-order valence-electron chi connectivity index (χ4n) is 3.09. The summed E-state index contributed by atoms with van der Waals surface area (Å²) in [5.41, 5.74) is 3.70. The van der Waals surface area contributed by atoms with E-state index in [1.165, 1.54) is 16.7 Å². The largest absolute Gasteiger partial charge is 0.508 e. The Morgan fingerprint density at radius 2 is 1.59 bits per heavy atom. The van der Waals surface area contributed by atoms with Gasteiger partial charge in [-0.05, 0) is 55.1 Å². The molecule has 0 aromatic heterocycles. The zero-order valence-electron chi connectivity index (χ0n) is 13.0. The lowest BCUT2D eigenvalue weighted by Gasteiger charge is -2.29. The van der Waals surface area contributed by atoms with Gasteiger partial charge in [-0.15, -0.1) is 0 Å². The topological polar surface area (TPSA) is 46.9 Å². The monoisotopic (exact) mass is 298 g/mol. The standard InChI is InChI=1S/C18H22N2O2/c1-19(2)18(13-3-6-16(21)7-4-13)12-20-10-14-5-8-17(22)9-15(14)11-20/h3-9,18,21-22H,10-12H2,1-2H3. The molecule has 0 aliphatic carbocycles. The first-order valence-corrected chi connectivity index (χ1v) is 7.51. The molecule has 1 atom stereocenters. The second-order valence-corrected chi connectivity index (χ2v) is 6.19. The molecule has 0 saturated heterocycles. The van der Waals surface area contributed by atoms with Gasteiger partial charge in [0.15, 0.2) is 0 Å². The van der Waals surface area contributed by atoms with Crippen LogP contribution in [0.25, 0.3) is 0 Å². The average molecular weight is 298 g/mol. The molecule has 0 radical (unpaired) electrons. The minimum atomic E-state index is 0.267. The zero-order chi connectivity index (χ0) is 15.7. The lowest BCUT2D eigenvalue weighted by molar-refractivity contribution is 0.184. The van der Waals surface area contributed by atoms with Gasteiger partial charge in [0.1, 0.15) is 11.5 Å². The highest BCUT2D eigenvalue weighted by molar-refractivity contribution is 5.37. The van der Waals surface area contributed by atoms with E-state index in [1.807, 2.05) is 24.3 Å². The lowest BCUT2D eigenvalue weighted by Crippen LogP contribution is -2.31. The van der Waals surface area contributed by atoms with Crippen LogP contribution in [-0.4, -0.2) is 40.7 Å². The molecule has 1 heterocycles. The molecule has 2 aromatic rings. The number of rotatable bonds is 4. The van der Waals surface area contributed by atoms with Crippen LogP contribution in [0.15, 0.2) is 42.5 Å². The van der Waals surface area contributed by atoms with E-state index in [0.717, 1.165) is 19.6 Å². The van der Waals surface area contributed by atoms with Crippen LogP contribution in [0.5, 0.6) is 11.5 Å². The zero-order valence-corrected chi connectivity index (χ0v) is 13.0. The van der Waals surface area contributed by atoms with E-state index < -0.39 is 0 Å². The third-order valence-corrected chi connectivity index (χ3v) is 4.31. The molecule has 22 heavy (non-hydrogen) atoms. The Labute approximate surface area is 131 Å². The van der Waals surface area contributed by atoms with E-state index in [9.17, 15) is 10.2 Å². The van der Waals surface area contributed by atoms with E-state index in [4.69, 9.17) is 0 Å². The second kappa shape index (κ2) is 5.99. The number of hydrogen-bond acceptors (Lipinski definition) is 4. The molecule has 4 nitrogen and oxygen atoms in total. The molecule has 116 valence electrons. The minimum Gasteiger partial charge on any atom is -0.508 e. The summed E-state index contributed by atoms with van der Waals surface area (Å²) in [6.45, 7) is 2.69. The van der Waals surface area contributed by atoms with Crippen molar-refractivity contribution >= 4 is 0 Å². The maximum absolute atomic E-state index is 9.61. The summed E-state index contributed by atoms with van der Waals surface area (Å²) in [5.74, 6) is 0.633. The fraction of sp³-hybridized carbons (Fsp3) is 0.333. The predicted molar refractivity (Wildman–Crippen MR) is 86.8 cm³/mol. The van der Waals surface area contributed by atoms with Crippen molar-refractivity contribution in [3.63, 3.8) is 0 Å². The lowest BCUT2D eigenvalue weighted by atomic mass is 10.1. The highest BCUT2D eigenvalue weighted by Crippen LogP contribution is 2.29. The Hall–Kier alpha value is -2.04. The van der Waals surface area contributed by atoms with Gasteiger partial charge < -0.3 is 15.1 Å². The summed E-state index contributed by atoms with van der Waals surface area (Å²) in [4.78, 5) is 4.59. The number of hydrogen-bond donors (Lipinski definition) is 2. The van der Waals surface area contributed by atoms with Gasteiger partial charge in [0, 0.05) is 25.7 Å². The minimum absolute atomic E-state index is 0.267. The van der Waals surface area contributed by atoms with Gasteiger partial charge in [-0.2, -0.15) is 0 Å². The van der Waals surface area contributed by atoms with E-state index >= 15 is 0 Å². The molecule has 0 bridgehead atoms. The van der Waals surface area contributed by atoms with Crippen molar-refractivity contribution in [2.45, 2.75) is 19.1 Å². The van der Waals surface area contributed by atoms with E-state index in [-0.39, 0.29) is 6.04 Å². The first-order valence-electron chi connectivity index (χ1n) is 7.51. The Kier molecular flexibility index (Phi) is 4.05. The number of aromatic hydroxyl groups is 2.